The summed E-state index contributed by atoms with van der Waals surface area (Å²) >= 11 is 0. The fourth-order valence-electron chi connectivity index (χ4n) is 2.29. The highest BCUT2D eigenvalue weighted by molar-refractivity contribution is 5.94. The Labute approximate surface area is 117 Å². The van der Waals surface area contributed by atoms with E-state index in [2.05, 4.69) is 6.07 Å². The van der Waals surface area contributed by atoms with Gasteiger partial charge in [0.05, 0.1) is 19.1 Å². The lowest BCUT2D eigenvalue weighted by atomic mass is 10.0. The van der Waals surface area contributed by atoms with Crippen molar-refractivity contribution in [3.8, 4) is 11.5 Å². The van der Waals surface area contributed by atoms with E-state index < -0.39 is 0 Å². The summed E-state index contributed by atoms with van der Waals surface area (Å²) in [7, 11) is 0. The largest absolute Gasteiger partial charge is 0.493 e. The van der Waals surface area contributed by atoms with Crippen LogP contribution in [-0.2, 0) is 0 Å². The molecule has 3 N–H and O–H groups in total. The van der Waals surface area contributed by atoms with E-state index in [0.29, 0.717) is 18.8 Å². The van der Waals surface area contributed by atoms with Crippen molar-refractivity contribution < 1.29 is 9.47 Å². The van der Waals surface area contributed by atoms with Crippen molar-refractivity contribution in [2.45, 2.75) is 5.92 Å². The van der Waals surface area contributed by atoms with Crippen LogP contribution >= 0.6 is 0 Å². The van der Waals surface area contributed by atoms with Crippen LogP contribution in [0.4, 0.5) is 0 Å². The molecule has 0 bridgehead atoms. The van der Waals surface area contributed by atoms with Gasteiger partial charge in [-0.05, 0) is 30.3 Å². The maximum Gasteiger partial charge on any atom is 0.123 e. The van der Waals surface area contributed by atoms with Crippen molar-refractivity contribution in [3.63, 3.8) is 0 Å². The van der Waals surface area contributed by atoms with E-state index in [0.717, 1.165) is 11.5 Å². The van der Waals surface area contributed by atoms with Crippen LogP contribution < -0.4 is 15.2 Å². The first-order valence-corrected chi connectivity index (χ1v) is 6.53. The molecule has 4 nitrogen and oxygen atoms in total. The summed E-state index contributed by atoms with van der Waals surface area (Å²) < 4.78 is 11.4. The second-order valence-corrected chi connectivity index (χ2v) is 4.79. The molecule has 1 aliphatic heterocycles. The lowest BCUT2D eigenvalue weighted by Crippen LogP contribution is -2.12. The van der Waals surface area contributed by atoms with Gasteiger partial charge in [-0.15, -0.1) is 0 Å². The minimum atomic E-state index is 0.0645. The number of hydrogen-bond acceptors (Lipinski definition) is 3. The molecule has 0 radical (unpaired) electrons. The second-order valence-electron chi connectivity index (χ2n) is 4.79. The van der Waals surface area contributed by atoms with E-state index in [1.807, 2.05) is 30.3 Å². The Balaban J connectivity index is 1.64. The minimum absolute atomic E-state index is 0.0645. The van der Waals surface area contributed by atoms with Crippen molar-refractivity contribution in [1.82, 2.24) is 0 Å². The zero-order chi connectivity index (χ0) is 13.9. The molecule has 2 aromatic carbocycles. The topological polar surface area (TPSA) is 68.3 Å². The van der Waals surface area contributed by atoms with E-state index in [4.69, 9.17) is 20.6 Å². The third-order valence-corrected chi connectivity index (χ3v) is 3.42. The van der Waals surface area contributed by atoms with E-state index in [9.17, 15) is 0 Å². The van der Waals surface area contributed by atoms with Gasteiger partial charge in [0.1, 0.15) is 17.3 Å². The number of ether oxygens (including phenoxy) is 2. The summed E-state index contributed by atoms with van der Waals surface area (Å²) in [5, 5.41) is 7.35. The van der Waals surface area contributed by atoms with Gasteiger partial charge in [-0.2, -0.15) is 0 Å². The van der Waals surface area contributed by atoms with Crippen LogP contribution in [0.15, 0.2) is 48.5 Å². The molecular weight excluding hydrogens is 252 g/mol. The van der Waals surface area contributed by atoms with Gasteiger partial charge in [0, 0.05) is 11.1 Å². The third kappa shape index (κ3) is 2.45. The number of nitrogens with two attached hydrogens (primary N) is 1. The summed E-state index contributed by atoms with van der Waals surface area (Å²) in [6, 6.07) is 15.3. The molecule has 0 aliphatic carbocycles. The normalized spacial score (nSPS) is 16.3. The Bertz CT molecular complexity index is 623. The Hall–Kier alpha value is -2.49. The molecule has 0 aromatic heterocycles. The molecule has 0 saturated carbocycles. The van der Waals surface area contributed by atoms with Crippen molar-refractivity contribution >= 4 is 5.84 Å². The van der Waals surface area contributed by atoms with Gasteiger partial charge in [-0.3, -0.25) is 5.41 Å². The Morgan fingerprint density at radius 2 is 1.95 bits per heavy atom. The molecule has 20 heavy (non-hydrogen) atoms. The Morgan fingerprint density at radius 1 is 1.20 bits per heavy atom. The van der Waals surface area contributed by atoms with Gasteiger partial charge in [-0.1, -0.05) is 18.2 Å². The van der Waals surface area contributed by atoms with Crippen LogP contribution in [0.3, 0.4) is 0 Å². The molecule has 1 unspecified atom stereocenters. The molecule has 4 heteroatoms. The third-order valence-electron chi connectivity index (χ3n) is 3.42. The average molecular weight is 268 g/mol. The first kappa shape index (κ1) is 12.5. The zero-order valence-corrected chi connectivity index (χ0v) is 11.0. The first-order chi connectivity index (χ1) is 9.74. The number of benzene rings is 2. The minimum Gasteiger partial charge on any atom is -0.493 e. The summed E-state index contributed by atoms with van der Waals surface area (Å²) in [4.78, 5) is 0. The maximum absolute atomic E-state index is 7.35. The Kier molecular flexibility index (Phi) is 3.29. The number of nitrogen functional groups attached to an aromatic ring is 1. The highest BCUT2D eigenvalue weighted by Gasteiger charge is 2.24. The lowest BCUT2D eigenvalue weighted by molar-refractivity contribution is 0.248. The van der Waals surface area contributed by atoms with E-state index in [1.165, 1.54) is 5.56 Å². The van der Waals surface area contributed by atoms with Crippen LogP contribution in [0.2, 0.25) is 0 Å². The van der Waals surface area contributed by atoms with Gasteiger partial charge in [0.2, 0.25) is 0 Å². The lowest BCUT2D eigenvalue weighted by Gasteiger charge is -2.11. The van der Waals surface area contributed by atoms with E-state index >= 15 is 0 Å². The molecule has 0 spiro atoms. The summed E-state index contributed by atoms with van der Waals surface area (Å²) in [6.45, 7) is 1.24. The zero-order valence-electron chi connectivity index (χ0n) is 11.0. The van der Waals surface area contributed by atoms with E-state index in [1.54, 1.807) is 12.1 Å². The summed E-state index contributed by atoms with van der Waals surface area (Å²) in [5.74, 6) is 2.06. The number of nitrogens with one attached hydrogen (secondary N) is 1. The van der Waals surface area contributed by atoms with Crippen molar-refractivity contribution in [1.29, 1.82) is 5.41 Å². The SMILES string of the molecule is N=C(N)c1ccc(OCC2COc3ccccc32)cc1. The molecular formula is C16H16N2O2. The van der Waals surface area contributed by atoms with Crippen molar-refractivity contribution in [2.75, 3.05) is 13.2 Å². The van der Waals surface area contributed by atoms with Gasteiger partial charge < -0.3 is 15.2 Å². The fourth-order valence-corrected chi connectivity index (χ4v) is 2.29. The predicted molar refractivity (Wildman–Crippen MR) is 77.6 cm³/mol. The molecule has 0 saturated heterocycles. The van der Waals surface area contributed by atoms with Gasteiger partial charge >= 0.3 is 0 Å². The molecule has 3 rings (SSSR count). The summed E-state index contributed by atoms with van der Waals surface area (Å²) in [6.07, 6.45) is 0. The molecule has 2 aromatic rings. The smallest absolute Gasteiger partial charge is 0.123 e. The first-order valence-electron chi connectivity index (χ1n) is 6.53. The van der Waals surface area contributed by atoms with Crippen LogP contribution in [0.5, 0.6) is 11.5 Å². The van der Waals surface area contributed by atoms with Crippen LogP contribution in [0.1, 0.15) is 17.0 Å². The number of para-hydroxylation sites is 1. The van der Waals surface area contributed by atoms with E-state index in [-0.39, 0.29) is 11.8 Å². The van der Waals surface area contributed by atoms with Gasteiger partial charge in [0.25, 0.3) is 0 Å². The van der Waals surface area contributed by atoms with Crippen LogP contribution in [-0.4, -0.2) is 19.0 Å². The van der Waals surface area contributed by atoms with Crippen molar-refractivity contribution in [2.24, 2.45) is 5.73 Å². The Morgan fingerprint density at radius 3 is 2.70 bits per heavy atom. The highest BCUT2D eigenvalue weighted by Crippen LogP contribution is 2.33. The quantitative estimate of drug-likeness (QED) is 0.661. The summed E-state index contributed by atoms with van der Waals surface area (Å²) in [5.41, 5.74) is 7.32. The van der Waals surface area contributed by atoms with Crippen LogP contribution in [0, 0.1) is 5.41 Å². The predicted octanol–water partition coefficient (Wildman–Crippen LogP) is 2.53. The monoisotopic (exact) mass is 268 g/mol. The highest BCUT2D eigenvalue weighted by atomic mass is 16.5. The molecule has 0 fully saturated rings. The molecule has 0 amide bonds. The average Bonchev–Trinajstić information content (AvgIpc) is 2.89. The number of rotatable bonds is 4. The van der Waals surface area contributed by atoms with Crippen LogP contribution in [0.25, 0.3) is 0 Å². The van der Waals surface area contributed by atoms with Gasteiger partial charge in [0.15, 0.2) is 0 Å². The molecule has 1 heterocycles. The number of hydrogen-bond donors (Lipinski definition) is 2. The molecule has 102 valence electrons. The number of amidine groups is 1. The fraction of sp³-hybridized carbons (Fsp3) is 0.188. The van der Waals surface area contributed by atoms with Crippen molar-refractivity contribution in [3.05, 3.63) is 59.7 Å². The standard InChI is InChI=1S/C16H16N2O2/c17-16(18)11-5-7-13(8-6-11)19-9-12-10-20-15-4-2-1-3-14(12)15/h1-8,12H,9-10H2,(H3,17,18). The number of fused-ring (bicyclic) bond motifs is 1. The molecule has 1 aliphatic rings. The maximum atomic E-state index is 7.35. The molecule has 1 atom stereocenters. The second kappa shape index (κ2) is 5.25. The van der Waals surface area contributed by atoms with Gasteiger partial charge in [-0.25, -0.2) is 0 Å².